The third-order valence-corrected chi connectivity index (χ3v) is 6.22. The van der Waals surface area contributed by atoms with Gasteiger partial charge in [0.05, 0.1) is 23.2 Å². The normalized spacial score (nSPS) is 14.7. The molecule has 1 fully saturated rings. The van der Waals surface area contributed by atoms with Gasteiger partial charge in [0, 0.05) is 10.4 Å². The van der Waals surface area contributed by atoms with Crippen molar-refractivity contribution in [2.24, 2.45) is 5.10 Å². The highest BCUT2D eigenvalue weighted by atomic mass is 79.9. The minimum Gasteiger partial charge on any atom is -0.482 e. The molecule has 0 aliphatic heterocycles. The fourth-order valence-electron chi connectivity index (χ4n) is 4.12. The van der Waals surface area contributed by atoms with Gasteiger partial charge in [-0.15, -0.1) is 0 Å². The molecule has 0 spiro atoms. The fourth-order valence-corrected chi connectivity index (χ4v) is 4.48. The van der Waals surface area contributed by atoms with Gasteiger partial charge in [-0.1, -0.05) is 35.2 Å². The van der Waals surface area contributed by atoms with Gasteiger partial charge in [0.2, 0.25) is 0 Å². The van der Waals surface area contributed by atoms with Gasteiger partial charge < -0.3 is 9.47 Å². The molecule has 1 saturated carbocycles. The number of fused-ring (bicyclic) bond motifs is 1. The van der Waals surface area contributed by atoms with E-state index in [-0.39, 0.29) is 24.2 Å². The summed E-state index contributed by atoms with van der Waals surface area (Å²) in [6, 6.07) is 12.7. The Bertz CT molecular complexity index is 1250. The minimum atomic E-state index is -0.411. The van der Waals surface area contributed by atoms with Gasteiger partial charge in [-0.3, -0.25) is 4.79 Å². The number of benzene rings is 2. The number of ether oxygens (including phenoxy) is 2. The summed E-state index contributed by atoms with van der Waals surface area (Å²) in [5.74, 6) is 1.08. The summed E-state index contributed by atoms with van der Waals surface area (Å²) < 4.78 is 12.8. The summed E-state index contributed by atoms with van der Waals surface area (Å²) in [4.78, 5) is 29.9. The average molecular weight is 526 g/mol. The second-order valence-corrected chi connectivity index (χ2v) is 9.64. The van der Waals surface area contributed by atoms with Crippen LogP contribution in [0.5, 0.6) is 5.75 Å². The van der Waals surface area contributed by atoms with Crippen LogP contribution >= 0.6 is 15.9 Å². The molecule has 0 bridgehead atoms. The fraction of sp³-hybridized carbons (Fsp3) is 0.385. The summed E-state index contributed by atoms with van der Waals surface area (Å²) in [5, 5.41) is 5.08. The lowest BCUT2D eigenvalue weighted by Crippen LogP contribution is -2.25. The maximum atomic E-state index is 13.4. The lowest BCUT2D eigenvalue weighted by molar-refractivity contribution is -0.149. The second-order valence-electron chi connectivity index (χ2n) is 8.72. The van der Waals surface area contributed by atoms with Gasteiger partial charge in [0.1, 0.15) is 11.6 Å². The van der Waals surface area contributed by atoms with Crippen LogP contribution in [0.15, 0.2) is 56.8 Å². The molecule has 34 heavy (non-hydrogen) atoms. The van der Waals surface area contributed by atoms with E-state index < -0.39 is 5.97 Å². The van der Waals surface area contributed by atoms with Gasteiger partial charge in [-0.25, -0.2) is 9.78 Å². The van der Waals surface area contributed by atoms with E-state index in [4.69, 9.17) is 14.5 Å². The van der Waals surface area contributed by atoms with E-state index in [9.17, 15) is 9.59 Å². The standard InChI is InChI=1S/C26H28BrN3O4/c1-17(2)34-24(31)16-33-21-11-8-18(9-12-21)15-28-30-25(19-6-4-3-5-7-19)29-23-13-10-20(27)14-22(23)26(30)32/h8-15,17,19H,3-7,16H2,1-2H3. The number of carbonyl (C=O) groups excluding carboxylic acids is 1. The van der Waals surface area contributed by atoms with Gasteiger partial charge in [-0.2, -0.15) is 9.78 Å². The summed E-state index contributed by atoms with van der Waals surface area (Å²) in [6.07, 6.45) is 6.97. The molecule has 7 nitrogen and oxygen atoms in total. The number of hydrogen-bond donors (Lipinski definition) is 0. The Morgan fingerprint density at radius 2 is 1.91 bits per heavy atom. The number of nitrogens with zero attached hydrogens (tertiary/aromatic N) is 3. The predicted octanol–water partition coefficient (Wildman–Crippen LogP) is 5.42. The Hall–Kier alpha value is -3.00. The molecule has 0 saturated heterocycles. The number of esters is 1. The Balaban J connectivity index is 1.59. The van der Waals surface area contributed by atoms with Crippen LogP contribution in [0.4, 0.5) is 0 Å². The first-order chi connectivity index (χ1) is 16.4. The van der Waals surface area contributed by atoms with Crippen molar-refractivity contribution in [3.05, 3.63) is 68.7 Å². The van der Waals surface area contributed by atoms with E-state index in [1.165, 1.54) is 11.1 Å². The Labute approximate surface area is 206 Å². The number of halogens is 1. The van der Waals surface area contributed by atoms with E-state index in [0.717, 1.165) is 41.5 Å². The van der Waals surface area contributed by atoms with Crippen molar-refractivity contribution in [1.29, 1.82) is 0 Å². The quantitative estimate of drug-likeness (QED) is 0.303. The van der Waals surface area contributed by atoms with Gasteiger partial charge in [-0.05, 0) is 74.7 Å². The zero-order chi connectivity index (χ0) is 24.1. The highest BCUT2D eigenvalue weighted by Crippen LogP contribution is 2.32. The van der Waals surface area contributed by atoms with Crippen molar-refractivity contribution in [3.63, 3.8) is 0 Å². The topological polar surface area (TPSA) is 82.8 Å². The van der Waals surface area contributed by atoms with Crippen molar-refractivity contribution >= 4 is 39.0 Å². The van der Waals surface area contributed by atoms with E-state index in [0.29, 0.717) is 16.7 Å². The number of carbonyl (C=O) groups is 1. The van der Waals surface area contributed by atoms with Crippen molar-refractivity contribution < 1.29 is 14.3 Å². The van der Waals surface area contributed by atoms with Crippen LogP contribution in [0, 0.1) is 0 Å². The molecule has 1 aromatic heterocycles. The van der Waals surface area contributed by atoms with Crippen LogP contribution in [0.25, 0.3) is 10.9 Å². The Morgan fingerprint density at radius 3 is 2.62 bits per heavy atom. The zero-order valence-electron chi connectivity index (χ0n) is 19.4. The third-order valence-electron chi connectivity index (χ3n) is 5.73. The van der Waals surface area contributed by atoms with Crippen LogP contribution in [0.1, 0.15) is 63.3 Å². The van der Waals surface area contributed by atoms with Crippen molar-refractivity contribution in [1.82, 2.24) is 9.66 Å². The molecule has 8 heteroatoms. The van der Waals surface area contributed by atoms with Gasteiger partial charge >= 0.3 is 5.97 Å². The van der Waals surface area contributed by atoms with E-state index in [2.05, 4.69) is 21.0 Å². The average Bonchev–Trinajstić information content (AvgIpc) is 2.83. The van der Waals surface area contributed by atoms with Gasteiger partial charge in [0.25, 0.3) is 5.56 Å². The third kappa shape index (κ3) is 5.91. The first-order valence-corrected chi connectivity index (χ1v) is 12.4. The monoisotopic (exact) mass is 525 g/mol. The molecule has 3 aromatic rings. The molecule has 2 aromatic carbocycles. The number of hydrogen-bond acceptors (Lipinski definition) is 6. The Morgan fingerprint density at radius 1 is 1.18 bits per heavy atom. The predicted molar refractivity (Wildman–Crippen MR) is 136 cm³/mol. The molecule has 0 unspecified atom stereocenters. The van der Waals surface area contributed by atoms with Crippen LogP contribution in [0.3, 0.4) is 0 Å². The molecule has 0 N–H and O–H groups in total. The molecule has 178 valence electrons. The molecule has 4 rings (SSSR count). The lowest BCUT2D eigenvalue weighted by Gasteiger charge is -2.22. The lowest BCUT2D eigenvalue weighted by atomic mass is 9.88. The van der Waals surface area contributed by atoms with Crippen LogP contribution in [0.2, 0.25) is 0 Å². The second kappa shape index (κ2) is 11.0. The summed E-state index contributed by atoms with van der Waals surface area (Å²) in [5.41, 5.74) is 1.32. The van der Waals surface area contributed by atoms with Crippen LogP contribution in [-0.4, -0.2) is 34.6 Å². The number of rotatable bonds is 7. The van der Waals surface area contributed by atoms with Crippen LogP contribution in [-0.2, 0) is 9.53 Å². The smallest absolute Gasteiger partial charge is 0.344 e. The first-order valence-electron chi connectivity index (χ1n) is 11.6. The molecule has 0 amide bonds. The maximum absolute atomic E-state index is 13.4. The zero-order valence-corrected chi connectivity index (χ0v) is 21.0. The largest absolute Gasteiger partial charge is 0.482 e. The van der Waals surface area contributed by atoms with Crippen molar-refractivity contribution in [3.8, 4) is 5.75 Å². The molecule has 0 atom stereocenters. The molecule has 1 aliphatic carbocycles. The molecular formula is C26H28BrN3O4. The maximum Gasteiger partial charge on any atom is 0.344 e. The first kappa shape index (κ1) is 24.1. The van der Waals surface area contributed by atoms with E-state index in [1.54, 1.807) is 38.3 Å². The summed E-state index contributed by atoms with van der Waals surface area (Å²) in [7, 11) is 0. The minimum absolute atomic E-state index is 0.149. The highest BCUT2D eigenvalue weighted by Gasteiger charge is 2.22. The number of aromatic nitrogens is 2. The van der Waals surface area contributed by atoms with Crippen molar-refractivity contribution in [2.45, 2.75) is 58.0 Å². The van der Waals surface area contributed by atoms with E-state index >= 15 is 0 Å². The molecule has 1 heterocycles. The van der Waals surface area contributed by atoms with E-state index in [1.807, 2.05) is 24.3 Å². The van der Waals surface area contributed by atoms with Crippen LogP contribution < -0.4 is 10.3 Å². The molecule has 0 radical (unpaired) electrons. The summed E-state index contributed by atoms with van der Waals surface area (Å²) in [6.45, 7) is 3.44. The summed E-state index contributed by atoms with van der Waals surface area (Å²) >= 11 is 3.45. The SMILES string of the molecule is CC(C)OC(=O)COc1ccc(C=Nn2c(C3CCCCC3)nc3ccc(Br)cc3c2=O)cc1. The molecule has 1 aliphatic rings. The Kier molecular flexibility index (Phi) is 7.77. The highest BCUT2D eigenvalue weighted by molar-refractivity contribution is 9.10. The van der Waals surface area contributed by atoms with Crippen molar-refractivity contribution in [2.75, 3.05) is 6.61 Å². The molecular weight excluding hydrogens is 498 g/mol. The van der Waals surface area contributed by atoms with Gasteiger partial charge in [0.15, 0.2) is 6.61 Å².